The fraction of sp³-hybridized carbons (Fsp3) is 0.214. The lowest BCUT2D eigenvalue weighted by Crippen LogP contribution is -2.28. The fourth-order valence-corrected chi connectivity index (χ4v) is 2.67. The number of halogens is 1. The molecule has 0 spiro atoms. The molecule has 110 valence electrons. The Labute approximate surface area is 125 Å². The van der Waals surface area contributed by atoms with Crippen molar-refractivity contribution in [2.45, 2.75) is 11.7 Å². The highest BCUT2D eigenvalue weighted by molar-refractivity contribution is 8.15. The van der Waals surface area contributed by atoms with Crippen LogP contribution in [-0.2, 0) is 9.59 Å². The number of amidine groups is 1. The second-order valence-corrected chi connectivity index (χ2v) is 5.45. The number of thioether (sulfide) groups is 1. The number of amides is 2. The Bertz CT molecular complexity index is 604. The van der Waals surface area contributed by atoms with E-state index in [4.69, 9.17) is 0 Å². The van der Waals surface area contributed by atoms with Crippen LogP contribution in [0.2, 0.25) is 0 Å². The zero-order valence-corrected chi connectivity index (χ0v) is 12.0. The van der Waals surface area contributed by atoms with Crippen molar-refractivity contribution >= 4 is 34.4 Å². The third-order valence-corrected chi connectivity index (χ3v) is 3.78. The summed E-state index contributed by atoms with van der Waals surface area (Å²) in [5, 5.41) is 4.96. The Kier molecular flexibility index (Phi) is 5.10. The summed E-state index contributed by atoms with van der Waals surface area (Å²) >= 11 is 1.19. The molecule has 1 aromatic carbocycles. The van der Waals surface area contributed by atoms with E-state index in [9.17, 15) is 14.0 Å². The lowest BCUT2D eigenvalue weighted by molar-refractivity contribution is -0.122. The lowest BCUT2D eigenvalue weighted by Gasteiger charge is -2.07. The van der Waals surface area contributed by atoms with Crippen molar-refractivity contribution < 1.29 is 14.0 Å². The molecular formula is C14H14FN3O2S. The highest BCUT2D eigenvalue weighted by Crippen LogP contribution is 2.23. The van der Waals surface area contributed by atoms with Gasteiger partial charge in [-0.3, -0.25) is 14.6 Å². The Morgan fingerprint density at radius 2 is 2.29 bits per heavy atom. The highest BCUT2D eigenvalue weighted by Gasteiger charge is 2.31. The van der Waals surface area contributed by atoms with E-state index in [1.807, 2.05) is 0 Å². The normalized spacial score (nSPS) is 19.4. The zero-order chi connectivity index (χ0) is 15.2. The number of carbonyl (C=O) groups is 2. The van der Waals surface area contributed by atoms with Crippen LogP contribution in [0.25, 0.3) is 0 Å². The summed E-state index contributed by atoms with van der Waals surface area (Å²) < 4.78 is 13.4. The summed E-state index contributed by atoms with van der Waals surface area (Å²) in [5.41, 5.74) is 0.103. The maximum absolute atomic E-state index is 13.4. The zero-order valence-electron chi connectivity index (χ0n) is 11.1. The van der Waals surface area contributed by atoms with Gasteiger partial charge in [-0.25, -0.2) is 4.39 Å². The van der Waals surface area contributed by atoms with Crippen molar-refractivity contribution in [2.75, 3.05) is 11.9 Å². The van der Waals surface area contributed by atoms with E-state index in [2.05, 4.69) is 22.2 Å². The van der Waals surface area contributed by atoms with E-state index in [1.54, 1.807) is 12.1 Å². The fourth-order valence-electron chi connectivity index (χ4n) is 1.69. The number of carbonyl (C=O) groups excluding carboxylic acids is 2. The first-order valence-corrected chi connectivity index (χ1v) is 7.15. The molecule has 0 aliphatic carbocycles. The maximum atomic E-state index is 13.4. The molecule has 1 fully saturated rings. The number of nitrogens with zero attached hydrogens (tertiary/aromatic N) is 1. The average molecular weight is 307 g/mol. The van der Waals surface area contributed by atoms with E-state index in [0.717, 1.165) is 0 Å². The number of benzene rings is 1. The number of rotatable bonds is 5. The van der Waals surface area contributed by atoms with Gasteiger partial charge >= 0.3 is 0 Å². The Balaban J connectivity index is 1.93. The van der Waals surface area contributed by atoms with Crippen molar-refractivity contribution in [3.05, 3.63) is 42.7 Å². The molecule has 1 atom stereocenters. The first-order valence-electron chi connectivity index (χ1n) is 6.27. The second-order valence-electron chi connectivity index (χ2n) is 4.26. The molecule has 7 heteroatoms. The van der Waals surface area contributed by atoms with Crippen LogP contribution >= 0.6 is 11.8 Å². The number of anilines is 1. The van der Waals surface area contributed by atoms with Gasteiger partial charge in [-0.1, -0.05) is 30.0 Å². The van der Waals surface area contributed by atoms with E-state index < -0.39 is 17.0 Å². The van der Waals surface area contributed by atoms with Crippen LogP contribution in [0.5, 0.6) is 0 Å². The quantitative estimate of drug-likeness (QED) is 0.817. The predicted octanol–water partition coefficient (Wildman–Crippen LogP) is 1.93. The lowest BCUT2D eigenvalue weighted by atomic mass is 10.2. The van der Waals surface area contributed by atoms with Gasteiger partial charge in [0.05, 0.1) is 12.2 Å². The van der Waals surface area contributed by atoms with E-state index in [-0.39, 0.29) is 18.0 Å². The molecule has 0 bridgehead atoms. The summed E-state index contributed by atoms with van der Waals surface area (Å²) in [4.78, 5) is 27.7. The smallest absolute Gasteiger partial charge is 0.240 e. The molecule has 2 amide bonds. The van der Waals surface area contributed by atoms with Gasteiger partial charge in [-0.15, -0.1) is 6.58 Å². The summed E-state index contributed by atoms with van der Waals surface area (Å²) in [6, 6.07) is 5.88. The number of nitrogens with one attached hydrogen (secondary N) is 2. The van der Waals surface area contributed by atoms with E-state index in [0.29, 0.717) is 11.7 Å². The van der Waals surface area contributed by atoms with Crippen LogP contribution in [0.1, 0.15) is 6.42 Å². The Morgan fingerprint density at radius 1 is 1.52 bits per heavy atom. The van der Waals surface area contributed by atoms with Gasteiger partial charge in [0, 0.05) is 6.42 Å². The minimum absolute atomic E-state index is 0.0437. The number of aliphatic imine (C=N–C) groups is 1. The van der Waals surface area contributed by atoms with Gasteiger partial charge in [0.25, 0.3) is 0 Å². The van der Waals surface area contributed by atoms with Crippen molar-refractivity contribution in [3.63, 3.8) is 0 Å². The maximum Gasteiger partial charge on any atom is 0.240 e. The molecule has 2 rings (SSSR count). The topological polar surface area (TPSA) is 70.6 Å². The molecule has 1 aliphatic rings. The molecule has 0 radical (unpaired) electrons. The van der Waals surface area contributed by atoms with Gasteiger partial charge in [0.1, 0.15) is 11.1 Å². The third-order valence-electron chi connectivity index (χ3n) is 2.66. The molecule has 5 nitrogen and oxygen atoms in total. The summed E-state index contributed by atoms with van der Waals surface area (Å²) in [5.74, 6) is -1.20. The van der Waals surface area contributed by atoms with Crippen molar-refractivity contribution in [1.29, 1.82) is 0 Å². The minimum atomic E-state index is -0.555. The van der Waals surface area contributed by atoms with Gasteiger partial charge in [0.2, 0.25) is 11.8 Å². The number of hydrogen-bond donors (Lipinski definition) is 2. The molecule has 1 aromatic rings. The van der Waals surface area contributed by atoms with Crippen molar-refractivity contribution in [3.8, 4) is 0 Å². The molecule has 21 heavy (non-hydrogen) atoms. The summed E-state index contributed by atoms with van der Waals surface area (Å²) in [6.07, 6.45) is 1.57. The minimum Gasteiger partial charge on any atom is -0.324 e. The average Bonchev–Trinajstić information content (AvgIpc) is 2.79. The van der Waals surface area contributed by atoms with Crippen molar-refractivity contribution in [1.82, 2.24) is 5.32 Å². The first kappa shape index (κ1) is 15.2. The molecule has 1 saturated heterocycles. The van der Waals surface area contributed by atoms with Crippen LogP contribution in [0, 0.1) is 5.82 Å². The summed E-state index contributed by atoms with van der Waals surface area (Å²) in [7, 11) is 0. The van der Waals surface area contributed by atoms with Crippen LogP contribution < -0.4 is 10.6 Å². The SMILES string of the molecule is C=CCN=C1NC(=O)[C@@H](CC(=O)Nc2ccccc2F)S1. The third kappa shape index (κ3) is 4.16. The van der Waals surface area contributed by atoms with Gasteiger partial charge in [0.15, 0.2) is 5.17 Å². The predicted molar refractivity (Wildman–Crippen MR) is 81.7 cm³/mol. The largest absolute Gasteiger partial charge is 0.324 e. The van der Waals surface area contributed by atoms with Crippen molar-refractivity contribution in [2.24, 2.45) is 4.99 Å². The molecule has 0 saturated carbocycles. The Morgan fingerprint density at radius 3 is 3.00 bits per heavy atom. The van der Waals surface area contributed by atoms with Gasteiger partial charge in [-0.05, 0) is 12.1 Å². The molecule has 0 unspecified atom stereocenters. The molecular weight excluding hydrogens is 293 g/mol. The van der Waals surface area contributed by atoms with Crippen LogP contribution in [0.3, 0.4) is 0 Å². The van der Waals surface area contributed by atoms with E-state index >= 15 is 0 Å². The molecule has 2 N–H and O–H groups in total. The molecule has 1 aliphatic heterocycles. The molecule has 1 heterocycles. The number of hydrogen-bond acceptors (Lipinski definition) is 4. The Hall–Kier alpha value is -2.15. The van der Waals surface area contributed by atoms with Crippen LogP contribution in [0.15, 0.2) is 41.9 Å². The summed E-state index contributed by atoms with van der Waals surface area (Å²) in [6.45, 7) is 3.93. The monoisotopic (exact) mass is 307 g/mol. The number of para-hydroxylation sites is 1. The standard InChI is InChI=1S/C14H14FN3O2S/c1-2-7-16-14-18-13(20)11(21-14)8-12(19)17-10-6-4-3-5-9(10)15/h2-6,11H,1,7-8H2,(H,17,19)(H,16,18,20)/t11-/m1/s1. The first-order chi connectivity index (χ1) is 10.1. The van der Waals surface area contributed by atoms with Gasteiger partial charge < -0.3 is 10.6 Å². The second kappa shape index (κ2) is 7.03. The molecule has 0 aromatic heterocycles. The van der Waals surface area contributed by atoms with E-state index in [1.165, 1.54) is 30.0 Å². The van der Waals surface area contributed by atoms with Crippen LogP contribution in [0.4, 0.5) is 10.1 Å². The van der Waals surface area contributed by atoms with Gasteiger partial charge in [-0.2, -0.15) is 0 Å². The van der Waals surface area contributed by atoms with Crippen LogP contribution in [-0.4, -0.2) is 28.8 Å². The highest BCUT2D eigenvalue weighted by atomic mass is 32.2.